The van der Waals surface area contributed by atoms with E-state index in [-0.39, 0.29) is 6.61 Å². The van der Waals surface area contributed by atoms with E-state index in [0.717, 1.165) is 30.9 Å². The summed E-state index contributed by atoms with van der Waals surface area (Å²) in [7, 11) is 2.14. The van der Waals surface area contributed by atoms with Gasteiger partial charge in [0.1, 0.15) is 0 Å². The van der Waals surface area contributed by atoms with Gasteiger partial charge in [-0.1, -0.05) is 5.16 Å². The molecule has 0 aromatic carbocycles. The van der Waals surface area contributed by atoms with E-state index in [9.17, 15) is 4.79 Å². The summed E-state index contributed by atoms with van der Waals surface area (Å²) in [5, 5.41) is 12.4. The third kappa shape index (κ3) is 2.52. The van der Waals surface area contributed by atoms with Crippen LogP contribution in [0.15, 0.2) is 5.16 Å². The highest BCUT2D eigenvalue weighted by atomic mass is 16.6. The van der Waals surface area contributed by atoms with Crippen molar-refractivity contribution in [2.45, 2.75) is 31.7 Å². The molecule has 1 saturated heterocycles. The molecule has 0 aromatic rings. The molecule has 5 nitrogen and oxygen atoms in total. The second-order valence-corrected chi connectivity index (χ2v) is 4.66. The molecular formula is C11H18N2O3. The van der Waals surface area contributed by atoms with Crippen LogP contribution in [0, 0.1) is 5.92 Å². The molecule has 1 saturated carbocycles. The van der Waals surface area contributed by atoms with Crippen molar-refractivity contribution in [2.75, 3.05) is 20.2 Å². The number of fused-ring (bicyclic) bond motifs is 1. The Balaban J connectivity index is 1.86. The Morgan fingerprint density at radius 3 is 3.19 bits per heavy atom. The molecule has 2 rings (SSSR count). The topological polar surface area (TPSA) is 62.1 Å². The van der Waals surface area contributed by atoms with Crippen molar-refractivity contribution >= 4 is 11.7 Å². The molecule has 5 heteroatoms. The van der Waals surface area contributed by atoms with Crippen LogP contribution in [0.5, 0.6) is 0 Å². The summed E-state index contributed by atoms with van der Waals surface area (Å²) in [6, 6.07) is 0.584. The second kappa shape index (κ2) is 4.82. The third-order valence-corrected chi connectivity index (χ3v) is 3.59. The summed E-state index contributed by atoms with van der Waals surface area (Å²) in [4.78, 5) is 17.4. The number of carboxylic acids is 1. The summed E-state index contributed by atoms with van der Waals surface area (Å²) in [6.45, 7) is 0.825. The van der Waals surface area contributed by atoms with E-state index in [1.165, 1.54) is 13.0 Å². The summed E-state index contributed by atoms with van der Waals surface area (Å²) < 4.78 is 0. The molecule has 0 aromatic heterocycles. The smallest absolute Gasteiger partial charge is 0.344 e. The van der Waals surface area contributed by atoms with E-state index in [1.54, 1.807) is 0 Å². The molecule has 1 N–H and O–H groups in total. The van der Waals surface area contributed by atoms with Gasteiger partial charge in [0.25, 0.3) is 0 Å². The fourth-order valence-electron chi connectivity index (χ4n) is 2.70. The van der Waals surface area contributed by atoms with Crippen LogP contribution in [0.2, 0.25) is 0 Å². The van der Waals surface area contributed by atoms with Crippen LogP contribution in [0.25, 0.3) is 0 Å². The molecule has 0 bridgehead atoms. The van der Waals surface area contributed by atoms with Crippen LogP contribution >= 0.6 is 0 Å². The number of carboxylic acid groups (broad SMARTS) is 1. The predicted molar refractivity (Wildman–Crippen MR) is 59.4 cm³/mol. The van der Waals surface area contributed by atoms with Crippen molar-refractivity contribution < 1.29 is 14.7 Å². The van der Waals surface area contributed by atoms with Gasteiger partial charge < -0.3 is 14.8 Å². The van der Waals surface area contributed by atoms with Gasteiger partial charge in [-0.2, -0.15) is 0 Å². The minimum absolute atomic E-state index is 0.340. The molecule has 0 radical (unpaired) electrons. The van der Waals surface area contributed by atoms with Gasteiger partial charge in [-0.05, 0) is 38.8 Å². The highest BCUT2D eigenvalue weighted by Crippen LogP contribution is 2.34. The monoisotopic (exact) mass is 226 g/mol. The number of oxime groups is 1. The number of rotatable bonds is 3. The largest absolute Gasteiger partial charge is 0.479 e. The number of nitrogens with zero attached hydrogens (tertiary/aromatic N) is 2. The molecule has 2 fully saturated rings. The number of carbonyl (C=O) groups is 1. The Bertz CT molecular complexity index is 304. The standard InChI is InChI=1S/C11H18N2O3/c1-13-5-4-8-2-3-9(6-10(8)13)12-16-7-11(14)15/h8,10H,2-7H2,1H3,(H,14,15)/b12-9+. The van der Waals surface area contributed by atoms with Gasteiger partial charge >= 0.3 is 5.97 Å². The van der Waals surface area contributed by atoms with Gasteiger partial charge in [-0.3, -0.25) is 0 Å². The SMILES string of the molecule is CN1CCC2CC/C(=N\OCC(=O)O)CC21. The molecule has 2 unspecified atom stereocenters. The summed E-state index contributed by atoms with van der Waals surface area (Å²) in [6.07, 6.45) is 4.32. The van der Waals surface area contributed by atoms with Gasteiger partial charge in [0.2, 0.25) is 6.61 Å². The predicted octanol–water partition coefficient (Wildman–Crippen LogP) is 0.948. The minimum Gasteiger partial charge on any atom is -0.479 e. The quantitative estimate of drug-likeness (QED) is 0.728. The average molecular weight is 226 g/mol. The first-order chi connectivity index (χ1) is 7.66. The summed E-state index contributed by atoms with van der Waals surface area (Å²) in [5.74, 6) is -0.181. The lowest BCUT2D eigenvalue weighted by Gasteiger charge is -2.29. The molecule has 2 aliphatic rings. The molecule has 0 amide bonds. The van der Waals surface area contributed by atoms with Crippen molar-refractivity contribution in [3.63, 3.8) is 0 Å². The first kappa shape index (κ1) is 11.4. The zero-order valence-electron chi connectivity index (χ0n) is 9.56. The maximum absolute atomic E-state index is 10.3. The molecule has 90 valence electrons. The Morgan fingerprint density at radius 1 is 1.62 bits per heavy atom. The lowest BCUT2D eigenvalue weighted by atomic mass is 9.84. The number of likely N-dealkylation sites (tertiary alicyclic amines) is 1. The fraction of sp³-hybridized carbons (Fsp3) is 0.818. The zero-order valence-corrected chi connectivity index (χ0v) is 9.56. The van der Waals surface area contributed by atoms with Crippen LogP contribution in [0.4, 0.5) is 0 Å². The summed E-state index contributed by atoms with van der Waals surface area (Å²) in [5.41, 5.74) is 1.01. The van der Waals surface area contributed by atoms with E-state index in [4.69, 9.17) is 9.94 Å². The van der Waals surface area contributed by atoms with Crippen molar-refractivity contribution in [3.8, 4) is 0 Å². The Morgan fingerprint density at radius 2 is 2.44 bits per heavy atom. The fourth-order valence-corrected chi connectivity index (χ4v) is 2.70. The highest BCUT2D eigenvalue weighted by Gasteiger charge is 2.35. The lowest BCUT2D eigenvalue weighted by molar-refractivity contribution is -0.142. The number of aliphatic carboxylic acids is 1. The maximum Gasteiger partial charge on any atom is 0.344 e. The first-order valence-corrected chi connectivity index (χ1v) is 5.76. The van der Waals surface area contributed by atoms with Gasteiger partial charge in [-0.15, -0.1) is 0 Å². The molecule has 16 heavy (non-hydrogen) atoms. The van der Waals surface area contributed by atoms with Gasteiger partial charge in [-0.25, -0.2) is 4.79 Å². The second-order valence-electron chi connectivity index (χ2n) is 4.66. The Kier molecular flexibility index (Phi) is 3.43. The van der Waals surface area contributed by atoms with Crippen molar-refractivity contribution in [2.24, 2.45) is 11.1 Å². The maximum atomic E-state index is 10.3. The van der Waals surface area contributed by atoms with E-state index in [0.29, 0.717) is 6.04 Å². The molecule has 1 aliphatic carbocycles. The molecule has 0 spiro atoms. The number of hydrogen-bond acceptors (Lipinski definition) is 4. The zero-order chi connectivity index (χ0) is 11.5. The first-order valence-electron chi connectivity index (χ1n) is 5.76. The Hall–Kier alpha value is -1.10. The van der Waals surface area contributed by atoms with E-state index >= 15 is 0 Å². The molecular weight excluding hydrogens is 208 g/mol. The lowest BCUT2D eigenvalue weighted by Crippen LogP contribution is -2.35. The van der Waals surface area contributed by atoms with E-state index in [1.807, 2.05) is 0 Å². The number of hydrogen-bond donors (Lipinski definition) is 1. The van der Waals surface area contributed by atoms with Crippen LogP contribution in [-0.4, -0.2) is 47.9 Å². The van der Waals surface area contributed by atoms with Crippen molar-refractivity contribution in [1.82, 2.24) is 4.90 Å². The van der Waals surface area contributed by atoms with Crippen molar-refractivity contribution in [3.05, 3.63) is 0 Å². The molecule has 2 atom stereocenters. The molecule has 1 aliphatic heterocycles. The minimum atomic E-state index is -0.976. The van der Waals surface area contributed by atoms with E-state index in [2.05, 4.69) is 17.1 Å². The van der Waals surface area contributed by atoms with E-state index < -0.39 is 5.97 Å². The van der Waals surface area contributed by atoms with Crippen LogP contribution in [0.3, 0.4) is 0 Å². The van der Waals surface area contributed by atoms with Crippen LogP contribution in [0.1, 0.15) is 25.7 Å². The average Bonchev–Trinajstić information content (AvgIpc) is 2.60. The van der Waals surface area contributed by atoms with Gasteiger partial charge in [0, 0.05) is 12.5 Å². The summed E-state index contributed by atoms with van der Waals surface area (Å²) >= 11 is 0. The van der Waals surface area contributed by atoms with Crippen molar-refractivity contribution in [1.29, 1.82) is 0 Å². The Labute approximate surface area is 95.1 Å². The normalized spacial score (nSPS) is 32.7. The van der Waals surface area contributed by atoms with Crippen LogP contribution in [-0.2, 0) is 9.63 Å². The van der Waals surface area contributed by atoms with Gasteiger partial charge in [0.15, 0.2) is 0 Å². The molecule has 1 heterocycles. The highest BCUT2D eigenvalue weighted by molar-refractivity contribution is 5.85. The van der Waals surface area contributed by atoms with Gasteiger partial charge in [0.05, 0.1) is 5.71 Å². The third-order valence-electron chi connectivity index (χ3n) is 3.59. The van der Waals surface area contributed by atoms with Crippen LogP contribution < -0.4 is 0 Å².